The fourth-order valence-electron chi connectivity index (χ4n) is 3.49. The number of hydrogen-bond acceptors (Lipinski definition) is 4. The molecule has 0 unspecified atom stereocenters. The summed E-state index contributed by atoms with van der Waals surface area (Å²) in [5.74, 6) is -0.0678. The van der Waals surface area contributed by atoms with Crippen LogP contribution in [-0.2, 0) is 6.54 Å². The van der Waals surface area contributed by atoms with E-state index in [0.717, 1.165) is 51.5 Å². The lowest BCUT2D eigenvalue weighted by molar-refractivity contribution is 0.102. The largest absolute Gasteiger partial charge is 0.369 e. The molecule has 2 aromatic rings. The number of nitrogens with one attached hydrogen (secondary N) is 1. The van der Waals surface area contributed by atoms with Gasteiger partial charge in [-0.05, 0) is 62.1 Å². The van der Waals surface area contributed by atoms with Crippen LogP contribution in [0.3, 0.4) is 0 Å². The van der Waals surface area contributed by atoms with Crippen molar-refractivity contribution in [3.8, 4) is 0 Å². The Hall–Kier alpha value is -2.37. The minimum atomic E-state index is -0.0678. The minimum absolute atomic E-state index is 0.0678. The quantitative estimate of drug-likeness (QED) is 0.798. The average molecular weight is 381 g/mol. The van der Waals surface area contributed by atoms with Gasteiger partial charge >= 0.3 is 0 Å². The zero-order chi connectivity index (χ0) is 19.9. The van der Waals surface area contributed by atoms with Gasteiger partial charge in [-0.1, -0.05) is 26.0 Å². The van der Waals surface area contributed by atoms with E-state index < -0.39 is 0 Å². The van der Waals surface area contributed by atoms with E-state index >= 15 is 0 Å². The van der Waals surface area contributed by atoms with E-state index in [2.05, 4.69) is 53.0 Å². The van der Waals surface area contributed by atoms with Crippen LogP contribution in [-0.4, -0.2) is 62.0 Å². The second kappa shape index (κ2) is 9.71. The van der Waals surface area contributed by atoms with Gasteiger partial charge in [-0.15, -0.1) is 0 Å². The summed E-state index contributed by atoms with van der Waals surface area (Å²) in [6.07, 6.45) is 0. The zero-order valence-electron chi connectivity index (χ0n) is 17.3. The molecule has 150 valence electrons. The maximum Gasteiger partial charge on any atom is 0.255 e. The van der Waals surface area contributed by atoms with Gasteiger partial charge in [-0.2, -0.15) is 0 Å². The van der Waals surface area contributed by atoms with Crippen molar-refractivity contribution in [2.75, 3.05) is 56.5 Å². The number of amides is 1. The molecule has 5 nitrogen and oxygen atoms in total. The van der Waals surface area contributed by atoms with Crippen LogP contribution in [0.5, 0.6) is 0 Å². The van der Waals surface area contributed by atoms with E-state index in [1.165, 1.54) is 11.3 Å². The van der Waals surface area contributed by atoms with Gasteiger partial charge in [0.1, 0.15) is 0 Å². The van der Waals surface area contributed by atoms with Gasteiger partial charge in [0.05, 0.1) is 0 Å². The Labute approximate surface area is 168 Å². The highest BCUT2D eigenvalue weighted by molar-refractivity contribution is 6.04. The smallest absolute Gasteiger partial charge is 0.255 e. The Balaban J connectivity index is 1.57. The van der Waals surface area contributed by atoms with Crippen LogP contribution in [0.15, 0.2) is 48.5 Å². The van der Waals surface area contributed by atoms with E-state index in [-0.39, 0.29) is 5.91 Å². The normalized spacial score (nSPS) is 15.1. The number of rotatable bonds is 7. The summed E-state index contributed by atoms with van der Waals surface area (Å²) in [5, 5.41) is 3.00. The highest BCUT2D eigenvalue weighted by Crippen LogP contribution is 2.20. The van der Waals surface area contributed by atoms with Crippen LogP contribution in [0.2, 0.25) is 0 Å². The van der Waals surface area contributed by atoms with Gasteiger partial charge in [-0.3, -0.25) is 9.69 Å². The fraction of sp³-hybridized carbons (Fsp3) is 0.435. The molecule has 1 aliphatic heterocycles. The van der Waals surface area contributed by atoms with Crippen molar-refractivity contribution >= 4 is 17.3 Å². The number of piperazine rings is 1. The Morgan fingerprint density at radius 2 is 1.54 bits per heavy atom. The lowest BCUT2D eigenvalue weighted by atomic mass is 10.1. The Bertz CT molecular complexity index is 745. The van der Waals surface area contributed by atoms with Gasteiger partial charge in [0, 0.05) is 49.7 Å². The van der Waals surface area contributed by atoms with Gasteiger partial charge < -0.3 is 15.1 Å². The molecule has 0 spiro atoms. The van der Waals surface area contributed by atoms with Crippen molar-refractivity contribution in [2.24, 2.45) is 0 Å². The summed E-state index contributed by atoms with van der Waals surface area (Å²) in [5.41, 5.74) is 3.96. The molecular formula is C23H32N4O. The molecule has 1 heterocycles. The Kier molecular flexibility index (Phi) is 7.06. The third-order valence-corrected chi connectivity index (χ3v) is 5.51. The lowest BCUT2D eigenvalue weighted by Crippen LogP contribution is -2.44. The van der Waals surface area contributed by atoms with Crippen LogP contribution in [0.25, 0.3) is 0 Å². The van der Waals surface area contributed by atoms with E-state index in [9.17, 15) is 4.79 Å². The monoisotopic (exact) mass is 380 g/mol. The number of likely N-dealkylation sites (N-methyl/N-ethyl adjacent to an activating group) is 1. The molecule has 3 rings (SSSR count). The minimum Gasteiger partial charge on any atom is -0.369 e. The molecule has 0 radical (unpaired) electrons. The third kappa shape index (κ3) is 5.33. The predicted octanol–water partition coefficient (Wildman–Crippen LogP) is 3.53. The van der Waals surface area contributed by atoms with Crippen molar-refractivity contribution in [3.05, 3.63) is 59.7 Å². The van der Waals surface area contributed by atoms with Crippen molar-refractivity contribution in [2.45, 2.75) is 20.4 Å². The second-order valence-electron chi connectivity index (χ2n) is 7.45. The molecule has 0 aromatic heterocycles. The maximum absolute atomic E-state index is 12.5. The van der Waals surface area contributed by atoms with Crippen LogP contribution in [0.4, 0.5) is 11.4 Å². The maximum atomic E-state index is 12.5. The van der Waals surface area contributed by atoms with E-state index in [0.29, 0.717) is 5.56 Å². The number of benzene rings is 2. The molecule has 28 heavy (non-hydrogen) atoms. The molecule has 0 saturated carbocycles. The average Bonchev–Trinajstić information content (AvgIpc) is 2.73. The molecule has 0 bridgehead atoms. The molecule has 2 aromatic carbocycles. The summed E-state index contributed by atoms with van der Waals surface area (Å²) < 4.78 is 0. The van der Waals surface area contributed by atoms with Crippen molar-refractivity contribution < 1.29 is 4.79 Å². The molecule has 1 aliphatic rings. The van der Waals surface area contributed by atoms with E-state index in [4.69, 9.17) is 0 Å². The SMILES string of the molecule is CCN(CC)Cc1ccc(C(=O)Nc2ccc(N3CCN(C)CC3)cc2)cc1. The van der Waals surface area contributed by atoms with Crippen LogP contribution in [0, 0.1) is 0 Å². The fourth-order valence-corrected chi connectivity index (χ4v) is 3.49. The van der Waals surface area contributed by atoms with Crippen LogP contribution in [0.1, 0.15) is 29.8 Å². The van der Waals surface area contributed by atoms with Crippen molar-refractivity contribution in [1.29, 1.82) is 0 Å². The lowest BCUT2D eigenvalue weighted by Gasteiger charge is -2.34. The molecule has 5 heteroatoms. The van der Waals surface area contributed by atoms with E-state index in [1.807, 2.05) is 36.4 Å². The number of anilines is 2. The summed E-state index contributed by atoms with van der Waals surface area (Å²) in [6.45, 7) is 11.6. The van der Waals surface area contributed by atoms with Crippen molar-refractivity contribution in [3.63, 3.8) is 0 Å². The first kappa shape index (κ1) is 20.4. The van der Waals surface area contributed by atoms with Crippen LogP contribution < -0.4 is 10.2 Å². The van der Waals surface area contributed by atoms with Gasteiger partial charge in [0.15, 0.2) is 0 Å². The number of nitrogens with zero attached hydrogens (tertiary/aromatic N) is 3. The van der Waals surface area contributed by atoms with Gasteiger partial charge in [-0.25, -0.2) is 0 Å². The standard InChI is InChI=1S/C23H32N4O/c1-4-26(5-2)18-19-6-8-20(9-7-19)23(28)24-21-10-12-22(13-11-21)27-16-14-25(3)15-17-27/h6-13H,4-5,14-18H2,1-3H3,(H,24,28). The first-order chi connectivity index (χ1) is 13.6. The van der Waals surface area contributed by atoms with Crippen molar-refractivity contribution in [1.82, 2.24) is 9.80 Å². The molecular weight excluding hydrogens is 348 g/mol. The summed E-state index contributed by atoms with van der Waals surface area (Å²) in [6, 6.07) is 16.1. The second-order valence-corrected chi connectivity index (χ2v) is 7.45. The predicted molar refractivity (Wildman–Crippen MR) is 117 cm³/mol. The van der Waals surface area contributed by atoms with Gasteiger partial charge in [0.2, 0.25) is 0 Å². The van der Waals surface area contributed by atoms with E-state index in [1.54, 1.807) is 0 Å². The molecule has 1 N–H and O–H groups in total. The topological polar surface area (TPSA) is 38.8 Å². The first-order valence-electron chi connectivity index (χ1n) is 10.2. The first-order valence-corrected chi connectivity index (χ1v) is 10.2. The molecule has 1 amide bonds. The highest BCUT2D eigenvalue weighted by Gasteiger charge is 2.14. The molecule has 1 fully saturated rings. The Morgan fingerprint density at radius 1 is 0.929 bits per heavy atom. The summed E-state index contributed by atoms with van der Waals surface area (Å²) in [4.78, 5) is 19.6. The summed E-state index contributed by atoms with van der Waals surface area (Å²) in [7, 11) is 2.16. The number of carbonyl (C=O) groups excluding carboxylic acids is 1. The van der Waals surface area contributed by atoms with Crippen LogP contribution >= 0.6 is 0 Å². The Morgan fingerprint density at radius 3 is 2.11 bits per heavy atom. The molecule has 1 saturated heterocycles. The molecule has 0 atom stereocenters. The summed E-state index contributed by atoms with van der Waals surface area (Å²) >= 11 is 0. The molecule has 0 aliphatic carbocycles. The zero-order valence-corrected chi connectivity index (χ0v) is 17.3. The van der Waals surface area contributed by atoms with Gasteiger partial charge in [0.25, 0.3) is 5.91 Å². The number of carbonyl (C=O) groups is 1. The highest BCUT2D eigenvalue weighted by atomic mass is 16.1. The third-order valence-electron chi connectivity index (χ3n) is 5.51. The number of hydrogen-bond donors (Lipinski definition) is 1.